The average Bonchev–Trinajstić information content (AvgIpc) is 3.47. The van der Waals surface area contributed by atoms with Crippen LogP contribution in [0.25, 0.3) is 0 Å². The quantitative estimate of drug-likeness (QED) is 0.696. The van der Waals surface area contributed by atoms with Crippen molar-refractivity contribution in [1.82, 2.24) is 14.1 Å². The number of ether oxygens (including phenoxy) is 1. The molecule has 1 atom stereocenters. The Kier molecular flexibility index (Phi) is 6.24. The number of piperazine rings is 1. The molecule has 0 N–H and O–H groups in total. The lowest BCUT2D eigenvalue weighted by Gasteiger charge is -2.38. The zero-order valence-corrected chi connectivity index (χ0v) is 18.0. The molecule has 29 heavy (non-hydrogen) atoms. The molecule has 0 aromatic carbocycles. The number of nitrogens with zero attached hydrogens (tertiary/aromatic N) is 3. The van der Waals surface area contributed by atoms with Crippen molar-refractivity contribution < 1.29 is 22.7 Å². The predicted octanol–water partition coefficient (Wildman–Crippen LogP) is 0.999. The summed E-state index contributed by atoms with van der Waals surface area (Å²) in [4.78, 5) is 29.0. The van der Waals surface area contributed by atoms with Crippen LogP contribution in [0.4, 0.5) is 0 Å². The van der Waals surface area contributed by atoms with E-state index in [-0.39, 0.29) is 23.8 Å². The third-order valence-corrected chi connectivity index (χ3v) is 9.27. The van der Waals surface area contributed by atoms with Gasteiger partial charge in [0.2, 0.25) is 5.91 Å². The van der Waals surface area contributed by atoms with Crippen molar-refractivity contribution in [3.8, 4) is 0 Å². The van der Waals surface area contributed by atoms with Gasteiger partial charge < -0.3 is 14.5 Å². The topological polar surface area (TPSA) is 87.2 Å². The Morgan fingerprint density at radius 2 is 1.62 bits per heavy atom. The molecule has 1 aromatic rings. The molecule has 4 heterocycles. The predicted molar refractivity (Wildman–Crippen MR) is 108 cm³/mol. The van der Waals surface area contributed by atoms with E-state index in [9.17, 15) is 18.0 Å². The third kappa shape index (κ3) is 4.35. The average molecular weight is 442 g/mol. The number of rotatable bonds is 4. The lowest BCUT2D eigenvalue weighted by Crippen LogP contribution is -2.54. The molecule has 0 saturated carbocycles. The SMILES string of the molecule is O=C(C1CCN(S(=O)(=O)c2cccs2)CC1)N1CCN(C(=O)C2CCCO2)CC1. The fourth-order valence-electron chi connectivity index (χ4n) is 4.26. The highest BCUT2D eigenvalue weighted by molar-refractivity contribution is 7.91. The standard InChI is InChI=1S/C19H27N3O5S2/c23-18(20-9-11-21(12-10-20)19(24)16-3-1-13-27-16)15-5-7-22(8-6-15)29(25,26)17-4-2-14-28-17/h2,4,14-16H,1,3,5-13H2. The van der Waals surface area contributed by atoms with E-state index in [1.54, 1.807) is 22.4 Å². The van der Waals surface area contributed by atoms with E-state index < -0.39 is 10.0 Å². The first-order valence-corrected chi connectivity index (χ1v) is 12.5. The van der Waals surface area contributed by atoms with Crippen LogP contribution in [0.15, 0.2) is 21.7 Å². The molecule has 4 rings (SSSR count). The first-order valence-electron chi connectivity index (χ1n) is 10.2. The maximum Gasteiger partial charge on any atom is 0.252 e. The van der Waals surface area contributed by atoms with Gasteiger partial charge in [-0.25, -0.2) is 8.42 Å². The molecule has 8 nitrogen and oxygen atoms in total. The Balaban J connectivity index is 1.27. The summed E-state index contributed by atoms with van der Waals surface area (Å²) in [5.74, 6) is -0.0192. The van der Waals surface area contributed by atoms with Crippen molar-refractivity contribution in [1.29, 1.82) is 0 Å². The molecule has 0 bridgehead atoms. The molecule has 160 valence electrons. The third-order valence-electron chi connectivity index (χ3n) is 6.00. The van der Waals surface area contributed by atoms with Gasteiger partial charge in [-0.3, -0.25) is 9.59 Å². The van der Waals surface area contributed by atoms with E-state index >= 15 is 0 Å². The number of hydrogen-bond acceptors (Lipinski definition) is 6. The molecule has 0 spiro atoms. The Bertz CT molecular complexity index is 820. The van der Waals surface area contributed by atoms with Gasteiger partial charge in [-0.15, -0.1) is 11.3 Å². The molecule has 3 saturated heterocycles. The molecule has 3 aliphatic heterocycles. The van der Waals surface area contributed by atoms with Gasteiger partial charge in [-0.1, -0.05) is 6.07 Å². The van der Waals surface area contributed by atoms with E-state index in [1.165, 1.54) is 15.6 Å². The van der Waals surface area contributed by atoms with Gasteiger partial charge in [0.1, 0.15) is 10.3 Å². The first kappa shape index (κ1) is 20.8. The maximum atomic E-state index is 12.9. The molecule has 3 aliphatic rings. The second kappa shape index (κ2) is 8.71. The number of amides is 2. The zero-order chi connectivity index (χ0) is 20.4. The Morgan fingerprint density at radius 1 is 0.966 bits per heavy atom. The van der Waals surface area contributed by atoms with E-state index in [1.807, 2.05) is 4.90 Å². The van der Waals surface area contributed by atoms with Crippen molar-refractivity contribution in [3.63, 3.8) is 0 Å². The van der Waals surface area contributed by atoms with Gasteiger partial charge in [0, 0.05) is 51.8 Å². The van der Waals surface area contributed by atoms with E-state index in [0.29, 0.717) is 62.9 Å². The van der Waals surface area contributed by atoms with Crippen molar-refractivity contribution >= 4 is 33.2 Å². The summed E-state index contributed by atoms with van der Waals surface area (Å²) in [6.07, 6.45) is 2.48. The number of sulfonamides is 1. The van der Waals surface area contributed by atoms with Gasteiger partial charge in [0.05, 0.1) is 0 Å². The lowest BCUT2D eigenvalue weighted by atomic mass is 9.96. The van der Waals surface area contributed by atoms with Crippen LogP contribution in [0.3, 0.4) is 0 Å². The van der Waals surface area contributed by atoms with E-state index in [4.69, 9.17) is 4.74 Å². The monoisotopic (exact) mass is 441 g/mol. The summed E-state index contributed by atoms with van der Waals surface area (Å²) in [6, 6.07) is 3.35. The van der Waals surface area contributed by atoms with Crippen LogP contribution in [-0.4, -0.2) is 86.3 Å². The molecule has 0 radical (unpaired) electrons. The minimum absolute atomic E-state index is 0.0432. The number of piperidine rings is 1. The van der Waals surface area contributed by atoms with Gasteiger partial charge >= 0.3 is 0 Å². The molecule has 10 heteroatoms. The van der Waals surface area contributed by atoms with Gasteiger partial charge in [-0.2, -0.15) is 4.31 Å². The summed E-state index contributed by atoms with van der Waals surface area (Å²) in [5, 5.41) is 1.76. The minimum atomic E-state index is -3.45. The fourth-order valence-corrected chi connectivity index (χ4v) is 6.88. The zero-order valence-electron chi connectivity index (χ0n) is 16.4. The fraction of sp³-hybridized carbons (Fsp3) is 0.684. The second-order valence-corrected chi connectivity index (χ2v) is 10.9. The molecule has 0 aliphatic carbocycles. The van der Waals surface area contributed by atoms with Crippen LogP contribution in [0.2, 0.25) is 0 Å². The number of carbonyl (C=O) groups excluding carboxylic acids is 2. The second-order valence-electron chi connectivity index (χ2n) is 7.76. The normalized spacial score (nSPS) is 24.8. The summed E-state index contributed by atoms with van der Waals surface area (Å²) < 4.78 is 32.6. The number of hydrogen-bond donors (Lipinski definition) is 0. The Labute approximate surface area is 175 Å². The van der Waals surface area contributed by atoms with Gasteiger partial charge in [-0.05, 0) is 37.1 Å². The van der Waals surface area contributed by atoms with Crippen LogP contribution in [-0.2, 0) is 24.3 Å². The van der Waals surface area contributed by atoms with Crippen molar-refractivity contribution in [2.45, 2.75) is 36.0 Å². The molecule has 3 fully saturated rings. The highest BCUT2D eigenvalue weighted by atomic mass is 32.2. The van der Waals surface area contributed by atoms with Crippen molar-refractivity contribution in [2.24, 2.45) is 5.92 Å². The lowest BCUT2D eigenvalue weighted by molar-refractivity contribution is -0.147. The number of thiophene rings is 1. The minimum Gasteiger partial charge on any atom is -0.368 e. The van der Waals surface area contributed by atoms with E-state index in [0.717, 1.165) is 12.8 Å². The molecule has 2 amide bonds. The molecule has 1 aromatic heterocycles. The highest BCUT2D eigenvalue weighted by Crippen LogP contribution is 2.27. The summed E-state index contributed by atoms with van der Waals surface area (Å²) >= 11 is 1.22. The number of carbonyl (C=O) groups is 2. The first-order chi connectivity index (χ1) is 14.0. The smallest absolute Gasteiger partial charge is 0.252 e. The van der Waals surface area contributed by atoms with Crippen LogP contribution >= 0.6 is 11.3 Å². The van der Waals surface area contributed by atoms with Crippen LogP contribution in [0.5, 0.6) is 0 Å². The summed E-state index contributed by atoms with van der Waals surface area (Å²) in [5.41, 5.74) is 0. The highest BCUT2D eigenvalue weighted by Gasteiger charge is 2.36. The summed E-state index contributed by atoms with van der Waals surface area (Å²) in [6.45, 7) is 3.53. The largest absolute Gasteiger partial charge is 0.368 e. The van der Waals surface area contributed by atoms with Crippen molar-refractivity contribution in [2.75, 3.05) is 45.9 Å². The van der Waals surface area contributed by atoms with Gasteiger partial charge in [0.15, 0.2) is 0 Å². The van der Waals surface area contributed by atoms with Crippen LogP contribution in [0.1, 0.15) is 25.7 Å². The molecule has 1 unspecified atom stereocenters. The van der Waals surface area contributed by atoms with Crippen LogP contribution < -0.4 is 0 Å². The van der Waals surface area contributed by atoms with Gasteiger partial charge in [0.25, 0.3) is 15.9 Å². The van der Waals surface area contributed by atoms with E-state index in [2.05, 4.69) is 0 Å². The maximum absolute atomic E-state index is 12.9. The Hall–Kier alpha value is -1.49. The summed E-state index contributed by atoms with van der Waals surface area (Å²) in [7, 11) is -3.45. The van der Waals surface area contributed by atoms with Crippen LogP contribution in [0, 0.1) is 5.92 Å². The molecular weight excluding hydrogens is 414 g/mol. The Morgan fingerprint density at radius 3 is 2.17 bits per heavy atom. The molecular formula is C19H27N3O5S2. The van der Waals surface area contributed by atoms with Crippen molar-refractivity contribution in [3.05, 3.63) is 17.5 Å².